The Morgan fingerprint density at radius 2 is 2.12 bits per heavy atom. The van der Waals surface area contributed by atoms with Crippen LogP contribution in [-0.2, 0) is 0 Å². The zero-order valence-corrected chi connectivity index (χ0v) is 10.5. The van der Waals surface area contributed by atoms with Crippen molar-refractivity contribution in [3.8, 4) is 0 Å². The molecule has 3 rings (SSSR count). The van der Waals surface area contributed by atoms with E-state index in [0.29, 0.717) is 5.54 Å². The van der Waals surface area contributed by atoms with Crippen LogP contribution in [0, 0.1) is 11.8 Å². The summed E-state index contributed by atoms with van der Waals surface area (Å²) < 4.78 is 0. The summed E-state index contributed by atoms with van der Waals surface area (Å²) in [6.07, 6.45) is 5.55. The van der Waals surface area contributed by atoms with Crippen LogP contribution in [-0.4, -0.2) is 55.1 Å². The Kier molecular flexibility index (Phi) is 2.73. The predicted molar refractivity (Wildman–Crippen MR) is 66.3 cm³/mol. The molecule has 3 atom stereocenters. The third kappa shape index (κ3) is 1.69. The number of fused-ring (bicyclic) bond motifs is 2. The summed E-state index contributed by atoms with van der Waals surface area (Å²) in [6.45, 7) is 6.01. The molecule has 0 spiro atoms. The highest BCUT2D eigenvalue weighted by molar-refractivity contribution is 5.05. The minimum atomic E-state index is 0.329. The summed E-state index contributed by atoms with van der Waals surface area (Å²) in [5.41, 5.74) is 6.49. The van der Waals surface area contributed by atoms with Crippen molar-refractivity contribution in [2.45, 2.75) is 31.2 Å². The topological polar surface area (TPSA) is 32.5 Å². The molecule has 2 aliphatic heterocycles. The van der Waals surface area contributed by atoms with Crippen molar-refractivity contribution in [2.75, 3.05) is 39.8 Å². The molecule has 3 aliphatic rings. The van der Waals surface area contributed by atoms with Crippen molar-refractivity contribution in [3.63, 3.8) is 0 Å². The molecule has 3 heteroatoms. The SMILES string of the molecule is CN(CC1CC1)C1(CN)CCN2CCC1C2. The smallest absolute Gasteiger partial charge is 0.0381 e. The van der Waals surface area contributed by atoms with E-state index >= 15 is 0 Å². The van der Waals surface area contributed by atoms with E-state index in [0.717, 1.165) is 18.4 Å². The summed E-state index contributed by atoms with van der Waals surface area (Å²) in [7, 11) is 2.32. The van der Waals surface area contributed by atoms with Crippen LogP contribution in [0.5, 0.6) is 0 Å². The van der Waals surface area contributed by atoms with Gasteiger partial charge in [0.05, 0.1) is 0 Å². The van der Waals surface area contributed by atoms with Gasteiger partial charge in [-0.2, -0.15) is 0 Å². The van der Waals surface area contributed by atoms with Crippen molar-refractivity contribution in [1.29, 1.82) is 0 Å². The Labute approximate surface area is 99.0 Å². The van der Waals surface area contributed by atoms with E-state index in [2.05, 4.69) is 16.8 Å². The number of nitrogens with zero attached hydrogens (tertiary/aromatic N) is 2. The lowest BCUT2D eigenvalue weighted by atomic mass is 9.77. The normalized spacial score (nSPS) is 42.9. The summed E-state index contributed by atoms with van der Waals surface area (Å²) in [4.78, 5) is 5.24. The van der Waals surface area contributed by atoms with Gasteiger partial charge in [0.15, 0.2) is 0 Å². The maximum Gasteiger partial charge on any atom is 0.0381 e. The minimum absolute atomic E-state index is 0.329. The average Bonchev–Trinajstić information content (AvgIpc) is 3.02. The standard InChI is InChI=1S/C13H25N3/c1-15(8-11-2-3-11)13(10-14)5-7-16-6-4-12(13)9-16/h11-12H,2-10,14H2,1H3. The van der Waals surface area contributed by atoms with Crippen LogP contribution >= 0.6 is 0 Å². The Bertz CT molecular complexity index is 264. The Morgan fingerprint density at radius 1 is 1.31 bits per heavy atom. The van der Waals surface area contributed by atoms with Crippen LogP contribution in [0.3, 0.4) is 0 Å². The van der Waals surface area contributed by atoms with E-state index in [1.807, 2.05) is 0 Å². The van der Waals surface area contributed by atoms with E-state index in [1.54, 1.807) is 0 Å². The number of hydrogen-bond donors (Lipinski definition) is 1. The molecule has 2 bridgehead atoms. The van der Waals surface area contributed by atoms with Gasteiger partial charge < -0.3 is 10.6 Å². The van der Waals surface area contributed by atoms with Gasteiger partial charge in [0.1, 0.15) is 0 Å². The molecule has 0 radical (unpaired) electrons. The molecule has 0 amide bonds. The fourth-order valence-corrected chi connectivity index (χ4v) is 3.83. The van der Waals surface area contributed by atoms with Crippen LogP contribution in [0.25, 0.3) is 0 Å². The number of rotatable bonds is 4. The van der Waals surface area contributed by atoms with Gasteiger partial charge in [0.25, 0.3) is 0 Å². The van der Waals surface area contributed by atoms with E-state index in [9.17, 15) is 0 Å². The second kappa shape index (κ2) is 3.97. The third-order valence-corrected chi connectivity index (χ3v) is 5.24. The van der Waals surface area contributed by atoms with Gasteiger partial charge in [-0.05, 0) is 57.7 Å². The Morgan fingerprint density at radius 3 is 2.81 bits per heavy atom. The number of nitrogens with two attached hydrogens (primary N) is 1. The molecule has 1 aliphatic carbocycles. The first-order chi connectivity index (χ1) is 7.74. The molecule has 2 N–H and O–H groups in total. The van der Waals surface area contributed by atoms with Gasteiger partial charge in [-0.3, -0.25) is 4.90 Å². The summed E-state index contributed by atoms with van der Waals surface area (Å²) >= 11 is 0. The van der Waals surface area contributed by atoms with Gasteiger partial charge in [-0.15, -0.1) is 0 Å². The van der Waals surface area contributed by atoms with E-state index < -0.39 is 0 Å². The maximum absolute atomic E-state index is 6.16. The molecule has 3 unspecified atom stereocenters. The van der Waals surface area contributed by atoms with Crippen LogP contribution in [0.1, 0.15) is 25.7 Å². The molecular weight excluding hydrogens is 198 g/mol. The van der Waals surface area contributed by atoms with Crippen molar-refractivity contribution < 1.29 is 0 Å². The molecule has 1 saturated carbocycles. The summed E-state index contributed by atoms with van der Waals surface area (Å²) in [5.74, 6) is 1.81. The molecular formula is C13H25N3. The summed E-state index contributed by atoms with van der Waals surface area (Å²) in [5, 5.41) is 0. The van der Waals surface area contributed by atoms with Crippen molar-refractivity contribution >= 4 is 0 Å². The Balaban J connectivity index is 1.74. The largest absolute Gasteiger partial charge is 0.329 e. The van der Waals surface area contributed by atoms with Crippen molar-refractivity contribution in [3.05, 3.63) is 0 Å². The van der Waals surface area contributed by atoms with Crippen LogP contribution in [0.2, 0.25) is 0 Å². The number of hydrogen-bond acceptors (Lipinski definition) is 3. The summed E-state index contributed by atoms with van der Waals surface area (Å²) in [6, 6.07) is 0. The second-order valence-electron chi connectivity index (χ2n) is 6.17. The van der Waals surface area contributed by atoms with E-state index in [-0.39, 0.29) is 0 Å². The highest BCUT2D eigenvalue weighted by Gasteiger charge is 2.48. The van der Waals surface area contributed by atoms with Gasteiger partial charge in [0, 0.05) is 25.2 Å². The average molecular weight is 223 g/mol. The van der Waals surface area contributed by atoms with Gasteiger partial charge >= 0.3 is 0 Å². The first kappa shape index (κ1) is 11.0. The second-order valence-corrected chi connectivity index (χ2v) is 6.17. The molecule has 0 aromatic carbocycles. The zero-order valence-electron chi connectivity index (χ0n) is 10.5. The number of piperidine rings is 1. The fraction of sp³-hybridized carbons (Fsp3) is 1.00. The lowest BCUT2D eigenvalue weighted by molar-refractivity contribution is 0.0237. The first-order valence-electron chi connectivity index (χ1n) is 6.88. The fourth-order valence-electron chi connectivity index (χ4n) is 3.83. The molecule has 16 heavy (non-hydrogen) atoms. The molecule has 3 nitrogen and oxygen atoms in total. The van der Waals surface area contributed by atoms with Gasteiger partial charge in [0.2, 0.25) is 0 Å². The van der Waals surface area contributed by atoms with Crippen molar-refractivity contribution in [1.82, 2.24) is 9.80 Å². The lowest BCUT2D eigenvalue weighted by Crippen LogP contribution is -2.61. The Hall–Kier alpha value is -0.120. The molecule has 2 heterocycles. The van der Waals surface area contributed by atoms with Crippen molar-refractivity contribution in [2.24, 2.45) is 17.6 Å². The van der Waals surface area contributed by atoms with Crippen LogP contribution in [0.4, 0.5) is 0 Å². The minimum Gasteiger partial charge on any atom is -0.329 e. The monoisotopic (exact) mass is 223 g/mol. The molecule has 0 aromatic rings. The molecule has 0 aromatic heterocycles. The van der Waals surface area contributed by atoms with Crippen LogP contribution < -0.4 is 5.73 Å². The maximum atomic E-state index is 6.16. The van der Waals surface area contributed by atoms with E-state index in [1.165, 1.54) is 51.9 Å². The molecule has 2 saturated heterocycles. The van der Waals surface area contributed by atoms with E-state index in [4.69, 9.17) is 5.73 Å². The quantitative estimate of drug-likeness (QED) is 0.763. The first-order valence-corrected chi connectivity index (χ1v) is 6.88. The third-order valence-electron chi connectivity index (χ3n) is 5.24. The predicted octanol–water partition coefficient (Wildman–Crippen LogP) is 0.751. The highest BCUT2D eigenvalue weighted by Crippen LogP contribution is 2.40. The lowest BCUT2D eigenvalue weighted by Gasteiger charge is -2.48. The van der Waals surface area contributed by atoms with Crippen LogP contribution in [0.15, 0.2) is 0 Å². The molecule has 92 valence electrons. The van der Waals surface area contributed by atoms with Gasteiger partial charge in [-0.25, -0.2) is 0 Å². The number of likely N-dealkylation sites (N-methyl/N-ethyl adjacent to an activating group) is 1. The zero-order chi connectivity index (χ0) is 11.2. The molecule has 3 fully saturated rings. The highest BCUT2D eigenvalue weighted by atomic mass is 15.3. The van der Waals surface area contributed by atoms with Gasteiger partial charge in [-0.1, -0.05) is 0 Å².